The molecule has 0 aliphatic heterocycles. The van der Waals surface area contributed by atoms with Gasteiger partial charge in [-0.1, -0.05) is 0 Å². The molecular weight excluding hydrogens is 236 g/mol. The van der Waals surface area contributed by atoms with E-state index in [9.17, 15) is 4.79 Å². The van der Waals surface area contributed by atoms with Gasteiger partial charge < -0.3 is 10.7 Å². The van der Waals surface area contributed by atoms with Crippen LogP contribution in [0.2, 0.25) is 0 Å². The van der Waals surface area contributed by atoms with E-state index in [2.05, 4.69) is 15.7 Å². The van der Waals surface area contributed by atoms with E-state index in [0.717, 1.165) is 12.2 Å². The van der Waals surface area contributed by atoms with Crippen LogP contribution in [0, 0.1) is 0 Å². The van der Waals surface area contributed by atoms with E-state index in [-0.39, 0.29) is 11.9 Å². The van der Waals surface area contributed by atoms with Crippen molar-refractivity contribution >= 4 is 23.4 Å². The molecule has 1 rings (SSSR count). The summed E-state index contributed by atoms with van der Waals surface area (Å²) in [6, 6.07) is 3.47. The van der Waals surface area contributed by atoms with Crippen LogP contribution in [0.4, 0.5) is 5.69 Å². The first-order valence-electron chi connectivity index (χ1n) is 5.40. The molecule has 0 bridgehead atoms. The summed E-state index contributed by atoms with van der Waals surface area (Å²) in [5, 5.41) is 2.90. The molecule has 5 nitrogen and oxygen atoms in total. The first-order valence-corrected chi connectivity index (χ1v) is 6.79. The smallest absolute Gasteiger partial charge is 0.270 e. The van der Waals surface area contributed by atoms with Gasteiger partial charge >= 0.3 is 0 Å². The standard InChI is InChI=1S/C11H18N4OS/c1-8(4-6-17-2)14-11(16)10-7-9(15-12)3-5-13-10/h3,5,7-8H,4,6,12H2,1-2H3,(H,13,15)(H,14,16). The Kier molecular flexibility index (Phi) is 5.79. The van der Waals surface area contributed by atoms with Gasteiger partial charge in [0.1, 0.15) is 5.69 Å². The number of pyridine rings is 1. The summed E-state index contributed by atoms with van der Waals surface area (Å²) in [7, 11) is 0. The predicted molar refractivity (Wildman–Crippen MR) is 72.0 cm³/mol. The summed E-state index contributed by atoms with van der Waals surface area (Å²) >= 11 is 1.77. The maximum atomic E-state index is 11.8. The lowest BCUT2D eigenvalue weighted by molar-refractivity contribution is 0.0934. The van der Waals surface area contributed by atoms with E-state index in [4.69, 9.17) is 5.84 Å². The number of hydrogen-bond donors (Lipinski definition) is 3. The molecule has 1 amide bonds. The highest BCUT2D eigenvalue weighted by Gasteiger charge is 2.10. The highest BCUT2D eigenvalue weighted by atomic mass is 32.2. The zero-order valence-electron chi connectivity index (χ0n) is 10.1. The van der Waals surface area contributed by atoms with Gasteiger partial charge in [0.2, 0.25) is 0 Å². The van der Waals surface area contributed by atoms with Crippen LogP contribution in [0.25, 0.3) is 0 Å². The van der Waals surface area contributed by atoms with Crippen LogP contribution in [-0.4, -0.2) is 28.9 Å². The number of aromatic nitrogens is 1. The number of carbonyl (C=O) groups excluding carboxylic acids is 1. The number of nitrogens with two attached hydrogens (primary N) is 1. The highest BCUT2D eigenvalue weighted by Crippen LogP contribution is 2.07. The Balaban J connectivity index is 2.56. The molecule has 1 unspecified atom stereocenters. The van der Waals surface area contributed by atoms with E-state index in [0.29, 0.717) is 11.4 Å². The van der Waals surface area contributed by atoms with Crippen molar-refractivity contribution in [2.24, 2.45) is 5.84 Å². The van der Waals surface area contributed by atoms with Gasteiger partial charge in [-0.05, 0) is 37.5 Å². The number of carbonyl (C=O) groups is 1. The summed E-state index contributed by atoms with van der Waals surface area (Å²) in [6.07, 6.45) is 4.55. The van der Waals surface area contributed by atoms with Gasteiger partial charge in [-0.2, -0.15) is 11.8 Å². The summed E-state index contributed by atoms with van der Waals surface area (Å²) < 4.78 is 0. The maximum Gasteiger partial charge on any atom is 0.270 e. The quantitative estimate of drug-likeness (QED) is 0.526. The topological polar surface area (TPSA) is 80.0 Å². The fraction of sp³-hybridized carbons (Fsp3) is 0.455. The first kappa shape index (κ1) is 13.8. The first-order chi connectivity index (χ1) is 8.17. The van der Waals surface area contributed by atoms with Crippen LogP contribution in [0.1, 0.15) is 23.8 Å². The minimum atomic E-state index is -0.171. The third kappa shape index (κ3) is 4.62. The minimum absolute atomic E-state index is 0.145. The van der Waals surface area contributed by atoms with Crippen molar-refractivity contribution in [1.82, 2.24) is 10.3 Å². The molecular formula is C11H18N4OS. The largest absolute Gasteiger partial charge is 0.348 e. The lowest BCUT2D eigenvalue weighted by atomic mass is 10.2. The van der Waals surface area contributed by atoms with Gasteiger partial charge in [-0.3, -0.25) is 15.6 Å². The zero-order valence-corrected chi connectivity index (χ0v) is 10.9. The highest BCUT2D eigenvalue weighted by molar-refractivity contribution is 7.98. The fourth-order valence-corrected chi connectivity index (χ4v) is 1.90. The molecule has 1 heterocycles. The molecule has 17 heavy (non-hydrogen) atoms. The van der Waals surface area contributed by atoms with E-state index in [1.54, 1.807) is 30.1 Å². The number of rotatable bonds is 6. The SMILES string of the molecule is CSCCC(C)NC(=O)c1cc(NN)ccn1. The normalized spacial score (nSPS) is 11.9. The van der Waals surface area contributed by atoms with Gasteiger partial charge in [0.05, 0.1) is 5.69 Å². The van der Waals surface area contributed by atoms with Crippen molar-refractivity contribution in [3.63, 3.8) is 0 Å². The number of thioether (sulfide) groups is 1. The molecule has 0 fully saturated rings. The monoisotopic (exact) mass is 254 g/mol. The molecule has 0 aliphatic rings. The zero-order chi connectivity index (χ0) is 12.7. The number of anilines is 1. The fourth-order valence-electron chi connectivity index (χ4n) is 1.31. The van der Waals surface area contributed by atoms with Crippen LogP contribution >= 0.6 is 11.8 Å². The van der Waals surface area contributed by atoms with Crippen LogP contribution in [-0.2, 0) is 0 Å². The predicted octanol–water partition coefficient (Wildman–Crippen LogP) is 1.24. The van der Waals surface area contributed by atoms with Gasteiger partial charge in [0, 0.05) is 12.2 Å². The van der Waals surface area contributed by atoms with E-state index in [1.165, 1.54) is 0 Å². The maximum absolute atomic E-state index is 11.8. The van der Waals surface area contributed by atoms with E-state index in [1.807, 2.05) is 13.2 Å². The average Bonchev–Trinajstić information content (AvgIpc) is 2.36. The Morgan fingerprint density at radius 1 is 1.65 bits per heavy atom. The molecule has 1 aromatic heterocycles. The molecule has 0 spiro atoms. The molecule has 0 aliphatic carbocycles. The molecule has 1 aromatic rings. The molecule has 94 valence electrons. The van der Waals surface area contributed by atoms with E-state index < -0.39 is 0 Å². The second-order valence-electron chi connectivity index (χ2n) is 3.73. The molecule has 0 saturated heterocycles. The Morgan fingerprint density at radius 2 is 2.41 bits per heavy atom. The third-order valence-electron chi connectivity index (χ3n) is 2.29. The molecule has 1 atom stereocenters. The van der Waals surface area contributed by atoms with Crippen molar-refractivity contribution in [1.29, 1.82) is 0 Å². The summed E-state index contributed by atoms with van der Waals surface area (Å²) in [6.45, 7) is 1.99. The van der Waals surface area contributed by atoms with Gasteiger partial charge in [-0.15, -0.1) is 0 Å². The Labute approximate surface area is 106 Å². The summed E-state index contributed by atoms with van der Waals surface area (Å²) in [5.74, 6) is 6.13. The number of hydrogen-bond acceptors (Lipinski definition) is 5. The summed E-state index contributed by atoms with van der Waals surface area (Å²) in [4.78, 5) is 15.8. The van der Waals surface area contributed by atoms with Crippen LogP contribution in [0.15, 0.2) is 18.3 Å². The third-order valence-corrected chi connectivity index (χ3v) is 2.94. The van der Waals surface area contributed by atoms with Crippen LogP contribution < -0.4 is 16.6 Å². The van der Waals surface area contributed by atoms with Crippen molar-refractivity contribution in [3.05, 3.63) is 24.0 Å². The van der Waals surface area contributed by atoms with Gasteiger partial charge in [-0.25, -0.2) is 0 Å². The van der Waals surface area contributed by atoms with E-state index >= 15 is 0 Å². The van der Waals surface area contributed by atoms with Crippen LogP contribution in [0.5, 0.6) is 0 Å². The lowest BCUT2D eigenvalue weighted by Crippen LogP contribution is -2.33. The van der Waals surface area contributed by atoms with Crippen LogP contribution in [0.3, 0.4) is 0 Å². The van der Waals surface area contributed by atoms with Crippen molar-refractivity contribution in [2.45, 2.75) is 19.4 Å². The molecule has 0 saturated carbocycles. The Morgan fingerprint density at radius 3 is 3.06 bits per heavy atom. The average molecular weight is 254 g/mol. The van der Waals surface area contributed by atoms with Gasteiger partial charge in [0.15, 0.2) is 0 Å². The second-order valence-corrected chi connectivity index (χ2v) is 4.72. The number of nitrogens with one attached hydrogen (secondary N) is 2. The Bertz CT molecular complexity index is 372. The minimum Gasteiger partial charge on any atom is -0.348 e. The Hall–Kier alpha value is -1.27. The molecule has 4 N–H and O–H groups in total. The van der Waals surface area contributed by atoms with Crippen molar-refractivity contribution in [2.75, 3.05) is 17.4 Å². The molecule has 0 radical (unpaired) electrons. The summed E-state index contributed by atoms with van der Waals surface area (Å²) in [5.41, 5.74) is 3.53. The second kappa shape index (κ2) is 7.13. The number of hydrazine groups is 1. The van der Waals surface area contributed by atoms with Crippen molar-refractivity contribution < 1.29 is 4.79 Å². The van der Waals surface area contributed by atoms with Gasteiger partial charge in [0.25, 0.3) is 5.91 Å². The van der Waals surface area contributed by atoms with Crippen molar-refractivity contribution in [3.8, 4) is 0 Å². The number of nitrogens with zero attached hydrogens (tertiary/aromatic N) is 1. The molecule has 0 aromatic carbocycles. The molecule has 6 heteroatoms. The lowest BCUT2D eigenvalue weighted by Gasteiger charge is -2.13. The number of nitrogen functional groups attached to an aromatic ring is 1. The number of amides is 1.